The summed E-state index contributed by atoms with van der Waals surface area (Å²) in [4.78, 5) is 18.8. The summed E-state index contributed by atoms with van der Waals surface area (Å²) in [5.41, 5.74) is -1.29. The van der Waals surface area contributed by atoms with Crippen molar-refractivity contribution < 1.29 is 44.3 Å². The molecule has 57 heavy (non-hydrogen) atoms. The van der Waals surface area contributed by atoms with E-state index in [0.29, 0.717) is 10.7 Å². The van der Waals surface area contributed by atoms with Gasteiger partial charge in [0.05, 0.1) is 25.1 Å². The molecule has 0 unspecified atom stereocenters. The van der Waals surface area contributed by atoms with Gasteiger partial charge < -0.3 is 10.1 Å². The number of carbonyl (C=O) groups is 1. The highest BCUT2D eigenvalue weighted by molar-refractivity contribution is 7.92. The van der Waals surface area contributed by atoms with E-state index in [9.17, 15) is 30.8 Å². The summed E-state index contributed by atoms with van der Waals surface area (Å²) in [6.07, 6.45) is -2.56. The quantitative estimate of drug-likeness (QED) is 0.113. The Balaban J connectivity index is 1.38. The van der Waals surface area contributed by atoms with E-state index in [0.717, 1.165) is 18.4 Å². The number of alkyl halides is 4. The number of fused-ring (bicyclic) bond motifs is 4. The lowest BCUT2D eigenvalue weighted by Gasteiger charge is -2.23. The molecular formula is C38H36F6N8O4S. The van der Waals surface area contributed by atoms with Crippen LogP contribution < -0.4 is 14.8 Å². The van der Waals surface area contributed by atoms with Crippen LogP contribution in [0.5, 0.6) is 5.88 Å². The number of nitrogens with one attached hydrogen (secondary N) is 2. The van der Waals surface area contributed by atoms with Crippen molar-refractivity contribution in [2.75, 3.05) is 18.1 Å². The molecule has 300 valence electrons. The Labute approximate surface area is 323 Å². The summed E-state index contributed by atoms with van der Waals surface area (Å²) in [6, 6.07) is 7.72. The minimum atomic E-state index is -3.85. The van der Waals surface area contributed by atoms with Gasteiger partial charge in [0.1, 0.15) is 35.3 Å². The van der Waals surface area contributed by atoms with Gasteiger partial charge in [-0.1, -0.05) is 12.8 Å². The number of aromatic nitrogens is 6. The number of nitrogens with zero attached hydrogens (tertiary/aromatic N) is 6. The van der Waals surface area contributed by atoms with E-state index < -0.39 is 87.1 Å². The van der Waals surface area contributed by atoms with Crippen molar-refractivity contribution in [3.63, 3.8) is 0 Å². The Hall–Kier alpha value is -5.64. The molecule has 1 saturated carbocycles. The zero-order chi connectivity index (χ0) is 41.4. The molecule has 19 heteroatoms. The molecule has 12 nitrogen and oxygen atoms in total. The Kier molecular flexibility index (Phi) is 9.78. The van der Waals surface area contributed by atoms with Gasteiger partial charge in [-0.3, -0.25) is 14.2 Å². The smallest absolute Gasteiger partial charge is 0.293 e. The molecule has 1 amide bonds. The number of pyridine rings is 2. The minimum Gasteiger partial charge on any atom is -0.482 e. The lowest BCUT2D eigenvalue weighted by Crippen LogP contribution is -2.35. The Bertz CT molecular complexity index is 2590. The van der Waals surface area contributed by atoms with Crippen molar-refractivity contribution in [3.8, 4) is 28.8 Å². The standard InChI is InChI=1S/C38H36F6N8O4S/c1-18-28-29-32(34(41)42)49-51(33(29)38(43,44)30(18)28)17-26(53)46-25(15-19-13-20(39)16-21(40)14-19)31-23(8-7-22(45-31)11-12-37(2,3)4)24-9-10-27(56-5)52-35(24)47-48-36(52)50-57(6,54)55/h7-10,13-14,16,18,25,28,30,34H,15,17H2,1-6H3,(H,46,53)(H,48,50)/t18-,25+,28-,30-/m1/s1. The molecule has 0 bridgehead atoms. The van der Waals surface area contributed by atoms with E-state index in [2.05, 4.69) is 37.2 Å². The van der Waals surface area contributed by atoms with Gasteiger partial charge in [0.2, 0.25) is 27.8 Å². The number of hydrogen-bond donors (Lipinski definition) is 2. The summed E-state index contributed by atoms with van der Waals surface area (Å²) < 4.78 is 123. The van der Waals surface area contributed by atoms with Crippen LogP contribution in [0.25, 0.3) is 16.8 Å². The molecule has 1 aromatic carbocycles. The molecule has 4 atom stereocenters. The maximum atomic E-state index is 15.6. The monoisotopic (exact) mass is 814 g/mol. The van der Waals surface area contributed by atoms with Crippen LogP contribution in [0.1, 0.15) is 80.0 Å². The third kappa shape index (κ3) is 7.62. The molecule has 7 rings (SSSR count). The highest BCUT2D eigenvalue weighted by atomic mass is 32.2. The van der Waals surface area contributed by atoms with E-state index in [1.54, 1.807) is 25.1 Å². The first-order valence-corrected chi connectivity index (χ1v) is 19.5. The third-order valence-electron chi connectivity index (χ3n) is 9.77. The minimum absolute atomic E-state index is 0.0688. The molecule has 5 aromatic rings. The fraction of sp³-hybridized carbons (Fsp3) is 0.395. The molecule has 2 aliphatic carbocycles. The fourth-order valence-corrected chi connectivity index (χ4v) is 7.95. The Morgan fingerprint density at radius 3 is 2.35 bits per heavy atom. The van der Waals surface area contributed by atoms with Crippen molar-refractivity contribution in [2.24, 2.45) is 17.3 Å². The van der Waals surface area contributed by atoms with Crippen LogP contribution in [0, 0.1) is 40.7 Å². The Morgan fingerprint density at radius 1 is 1.04 bits per heavy atom. The van der Waals surface area contributed by atoms with E-state index in [1.807, 2.05) is 20.8 Å². The predicted octanol–water partition coefficient (Wildman–Crippen LogP) is 6.54. The number of halogens is 6. The zero-order valence-corrected chi connectivity index (χ0v) is 32.2. The van der Waals surface area contributed by atoms with Gasteiger partial charge >= 0.3 is 0 Å². The normalized spacial score (nSPS) is 18.8. The van der Waals surface area contributed by atoms with E-state index >= 15 is 8.78 Å². The van der Waals surface area contributed by atoms with Crippen molar-refractivity contribution in [1.82, 2.24) is 34.7 Å². The summed E-state index contributed by atoms with van der Waals surface area (Å²) in [6.45, 7) is 6.27. The largest absolute Gasteiger partial charge is 0.482 e. The van der Waals surface area contributed by atoms with E-state index in [-0.39, 0.29) is 57.5 Å². The molecule has 0 spiro atoms. The number of sulfonamides is 1. The molecule has 4 aromatic heterocycles. The topological polar surface area (TPSA) is 145 Å². The number of amides is 1. The van der Waals surface area contributed by atoms with Crippen LogP contribution in [-0.4, -0.2) is 57.1 Å². The summed E-state index contributed by atoms with van der Waals surface area (Å²) in [5, 5.41) is 14.7. The lowest BCUT2D eigenvalue weighted by atomic mass is 9.94. The number of rotatable bonds is 11. The molecule has 2 aliphatic rings. The highest BCUT2D eigenvalue weighted by Crippen LogP contribution is 2.71. The van der Waals surface area contributed by atoms with E-state index in [1.165, 1.54) is 17.6 Å². The fourth-order valence-electron chi connectivity index (χ4n) is 7.49. The van der Waals surface area contributed by atoms with Crippen LogP contribution in [0.3, 0.4) is 0 Å². The number of hydrogen-bond acceptors (Lipinski definition) is 8. The lowest BCUT2D eigenvalue weighted by molar-refractivity contribution is -0.123. The van der Waals surface area contributed by atoms with Crippen LogP contribution >= 0.6 is 0 Å². The number of ether oxygens (including phenoxy) is 1. The SMILES string of the molecule is COc1ccc(-c2ccc(C#CC(C)(C)C)nc2[C@H](Cc2cc(F)cc(F)c2)NC(=O)Cn2nc(C(F)F)c3c2C(F)(F)[C@@H]2[C@H](C)[C@H]32)c2nnc(NS(C)(=O)=O)n12. The van der Waals surface area contributed by atoms with Crippen LogP contribution in [0.15, 0.2) is 42.5 Å². The molecule has 0 aliphatic heterocycles. The van der Waals surface area contributed by atoms with Gasteiger partial charge in [0, 0.05) is 40.0 Å². The average molecular weight is 815 g/mol. The molecule has 2 N–H and O–H groups in total. The second-order valence-corrected chi connectivity index (χ2v) is 17.0. The average Bonchev–Trinajstić information content (AvgIpc) is 3.34. The first-order chi connectivity index (χ1) is 26.7. The summed E-state index contributed by atoms with van der Waals surface area (Å²) >= 11 is 0. The second kappa shape index (κ2) is 14.1. The maximum absolute atomic E-state index is 15.6. The molecule has 1 fully saturated rings. The molecular weight excluding hydrogens is 779 g/mol. The number of carbonyl (C=O) groups excluding carboxylic acids is 1. The van der Waals surface area contributed by atoms with Crippen LogP contribution in [0.2, 0.25) is 0 Å². The molecule has 0 saturated heterocycles. The van der Waals surface area contributed by atoms with Crippen molar-refractivity contribution in [3.05, 3.63) is 88.0 Å². The molecule has 0 radical (unpaired) electrons. The van der Waals surface area contributed by atoms with Gasteiger partial charge in [-0.25, -0.2) is 35.4 Å². The number of benzene rings is 1. The third-order valence-corrected chi connectivity index (χ3v) is 10.3. The van der Waals surface area contributed by atoms with Gasteiger partial charge in [-0.05, 0) is 81.0 Å². The zero-order valence-electron chi connectivity index (χ0n) is 31.3. The summed E-state index contributed by atoms with van der Waals surface area (Å²) in [7, 11) is -2.50. The van der Waals surface area contributed by atoms with Gasteiger partial charge in [-0.2, -0.15) is 13.9 Å². The van der Waals surface area contributed by atoms with Crippen molar-refractivity contribution in [2.45, 2.75) is 65.0 Å². The van der Waals surface area contributed by atoms with Gasteiger partial charge in [-0.15, -0.1) is 10.2 Å². The summed E-state index contributed by atoms with van der Waals surface area (Å²) in [5.74, 6) is -2.87. The van der Waals surface area contributed by atoms with Crippen LogP contribution in [0.4, 0.5) is 32.3 Å². The van der Waals surface area contributed by atoms with Crippen molar-refractivity contribution >= 4 is 27.5 Å². The highest BCUT2D eigenvalue weighted by Gasteiger charge is 2.71. The molecule has 4 heterocycles. The van der Waals surface area contributed by atoms with Crippen LogP contribution in [-0.2, 0) is 33.7 Å². The second-order valence-electron chi connectivity index (χ2n) is 15.2. The Morgan fingerprint density at radius 2 is 1.72 bits per heavy atom. The van der Waals surface area contributed by atoms with Gasteiger partial charge in [0.25, 0.3) is 12.3 Å². The number of anilines is 1. The predicted molar refractivity (Wildman–Crippen MR) is 195 cm³/mol. The van der Waals surface area contributed by atoms with Crippen molar-refractivity contribution in [1.29, 1.82) is 0 Å². The van der Waals surface area contributed by atoms with Gasteiger partial charge in [0.15, 0.2) is 5.65 Å². The van der Waals surface area contributed by atoms with E-state index in [4.69, 9.17) is 9.72 Å². The first-order valence-electron chi connectivity index (χ1n) is 17.6. The number of methoxy groups -OCH3 is 1. The first kappa shape index (κ1) is 39.6. The maximum Gasteiger partial charge on any atom is 0.293 e.